The van der Waals surface area contributed by atoms with Crippen molar-refractivity contribution in [3.8, 4) is 11.4 Å². The van der Waals surface area contributed by atoms with E-state index in [-0.39, 0.29) is 23.7 Å². The third kappa shape index (κ3) is 4.85. The highest BCUT2D eigenvalue weighted by atomic mass is 19.1. The predicted molar refractivity (Wildman–Crippen MR) is 128 cm³/mol. The summed E-state index contributed by atoms with van der Waals surface area (Å²) in [6.45, 7) is 6.83. The van der Waals surface area contributed by atoms with Gasteiger partial charge < -0.3 is 14.2 Å². The lowest BCUT2D eigenvalue weighted by atomic mass is 9.90. The number of benzene rings is 2. The molecule has 1 aliphatic heterocycles. The summed E-state index contributed by atoms with van der Waals surface area (Å²) < 4.78 is 21.0. The molecule has 2 heterocycles. The molecule has 1 saturated heterocycles. The van der Waals surface area contributed by atoms with Crippen LogP contribution < -0.4 is 4.74 Å². The van der Waals surface area contributed by atoms with Gasteiger partial charge in [0.2, 0.25) is 5.91 Å². The lowest BCUT2D eigenvalue weighted by molar-refractivity contribution is -0.132. The van der Waals surface area contributed by atoms with E-state index in [1.54, 1.807) is 25.6 Å². The Morgan fingerprint density at radius 3 is 2.55 bits per heavy atom. The fourth-order valence-electron chi connectivity index (χ4n) is 4.57. The maximum atomic E-state index is 13.5. The summed E-state index contributed by atoms with van der Waals surface area (Å²) in [7, 11) is 1.64. The van der Waals surface area contributed by atoms with Gasteiger partial charge in [-0.1, -0.05) is 32.0 Å². The number of likely N-dealkylation sites (tertiary alicyclic amines) is 1. The fourth-order valence-corrected chi connectivity index (χ4v) is 4.57. The summed E-state index contributed by atoms with van der Waals surface area (Å²) in [5, 5.41) is 0. The molecule has 0 aliphatic carbocycles. The molecule has 0 saturated carbocycles. The molecule has 2 aromatic carbocycles. The fraction of sp³-hybridized carbons (Fsp3) is 0.333. The Kier molecular flexibility index (Phi) is 6.63. The van der Waals surface area contributed by atoms with Gasteiger partial charge in [-0.25, -0.2) is 9.37 Å². The molecule has 0 spiro atoms. The molecule has 0 unspecified atom stereocenters. The molecular formula is C27H30FN3O2. The molecule has 3 aromatic rings. The van der Waals surface area contributed by atoms with Crippen molar-refractivity contribution in [3.63, 3.8) is 0 Å². The number of aromatic nitrogens is 2. The number of piperidine rings is 1. The van der Waals surface area contributed by atoms with Crippen molar-refractivity contribution >= 4 is 12.0 Å². The molecule has 1 aromatic heterocycles. The number of hydrogen-bond donors (Lipinski definition) is 0. The minimum Gasteiger partial charge on any atom is -0.495 e. The van der Waals surface area contributed by atoms with Gasteiger partial charge in [0.15, 0.2) is 0 Å². The third-order valence-corrected chi connectivity index (χ3v) is 6.09. The van der Waals surface area contributed by atoms with Crippen LogP contribution in [-0.2, 0) is 4.79 Å². The second-order valence-corrected chi connectivity index (χ2v) is 8.87. The van der Waals surface area contributed by atoms with E-state index in [9.17, 15) is 9.18 Å². The highest BCUT2D eigenvalue weighted by Crippen LogP contribution is 2.34. The molecule has 0 bridgehead atoms. The highest BCUT2D eigenvalue weighted by Gasteiger charge is 2.32. The lowest BCUT2D eigenvalue weighted by Gasteiger charge is -2.38. The predicted octanol–water partition coefficient (Wildman–Crippen LogP) is 5.73. The van der Waals surface area contributed by atoms with Gasteiger partial charge in [-0.15, -0.1) is 0 Å². The Labute approximate surface area is 194 Å². The molecule has 33 heavy (non-hydrogen) atoms. The normalized spacial score (nSPS) is 16.5. The number of rotatable bonds is 6. The highest BCUT2D eigenvalue weighted by molar-refractivity contribution is 5.98. The van der Waals surface area contributed by atoms with Gasteiger partial charge in [0.05, 0.1) is 30.9 Å². The van der Waals surface area contributed by atoms with Gasteiger partial charge in [-0.05, 0) is 67.2 Å². The Morgan fingerprint density at radius 2 is 1.91 bits per heavy atom. The molecule has 1 fully saturated rings. The number of carbonyl (C=O) groups excluding carboxylic acids is 1. The summed E-state index contributed by atoms with van der Waals surface area (Å²) in [5.74, 6) is 0.692. The standard InChI is InChI=1S/C27H30FN3O2/c1-18(2)26(21-8-10-23(28)11-9-21)31-13-5-6-22(27(31)32)14-20-7-12-24(25(15-20)33-4)30-16-19(3)29-17-30/h7-12,14-18,26H,5-6,13H2,1-4H3/t26-/m1/s1. The molecule has 5 nitrogen and oxygen atoms in total. The van der Waals surface area contributed by atoms with Crippen LogP contribution in [0.1, 0.15) is 49.6 Å². The number of amides is 1. The van der Waals surface area contributed by atoms with Crippen LogP contribution in [0.25, 0.3) is 11.8 Å². The molecule has 6 heteroatoms. The topological polar surface area (TPSA) is 47.4 Å². The molecule has 1 atom stereocenters. The third-order valence-electron chi connectivity index (χ3n) is 6.09. The largest absolute Gasteiger partial charge is 0.495 e. The number of halogens is 1. The van der Waals surface area contributed by atoms with E-state index in [4.69, 9.17) is 4.74 Å². The van der Waals surface area contributed by atoms with Crippen molar-refractivity contribution in [1.29, 1.82) is 0 Å². The number of imidazole rings is 1. The minimum atomic E-state index is -0.268. The van der Waals surface area contributed by atoms with Crippen LogP contribution in [0.3, 0.4) is 0 Å². The monoisotopic (exact) mass is 447 g/mol. The lowest BCUT2D eigenvalue weighted by Crippen LogP contribution is -2.41. The van der Waals surface area contributed by atoms with Gasteiger partial charge in [-0.3, -0.25) is 4.79 Å². The number of aryl methyl sites for hydroxylation is 1. The minimum absolute atomic E-state index is 0.0394. The molecular weight excluding hydrogens is 417 g/mol. The Morgan fingerprint density at radius 1 is 1.15 bits per heavy atom. The first-order valence-corrected chi connectivity index (χ1v) is 11.3. The first-order chi connectivity index (χ1) is 15.9. The Balaban J connectivity index is 1.63. The number of nitrogens with zero attached hydrogens (tertiary/aromatic N) is 3. The zero-order chi connectivity index (χ0) is 23.5. The van der Waals surface area contributed by atoms with Gasteiger partial charge in [0.1, 0.15) is 11.6 Å². The van der Waals surface area contributed by atoms with Crippen LogP contribution in [0.2, 0.25) is 0 Å². The molecule has 0 radical (unpaired) electrons. The summed E-state index contributed by atoms with van der Waals surface area (Å²) in [6, 6.07) is 12.3. The Bertz CT molecular complexity index is 1160. The van der Waals surface area contributed by atoms with E-state index in [1.807, 2.05) is 46.9 Å². The molecule has 172 valence electrons. The summed E-state index contributed by atoms with van der Waals surface area (Å²) in [6.07, 6.45) is 7.29. The van der Waals surface area contributed by atoms with Crippen LogP contribution in [0.4, 0.5) is 4.39 Å². The maximum absolute atomic E-state index is 13.5. The molecule has 0 N–H and O–H groups in total. The number of methoxy groups -OCH3 is 1. The zero-order valence-electron chi connectivity index (χ0n) is 19.6. The van der Waals surface area contributed by atoms with Gasteiger partial charge >= 0.3 is 0 Å². The quantitative estimate of drug-likeness (QED) is 0.453. The molecule has 1 amide bonds. The number of carbonyl (C=O) groups is 1. The second kappa shape index (κ2) is 9.61. The second-order valence-electron chi connectivity index (χ2n) is 8.87. The summed E-state index contributed by atoms with van der Waals surface area (Å²) in [5.41, 5.74) is 4.48. The van der Waals surface area contributed by atoms with Crippen LogP contribution in [0.5, 0.6) is 5.75 Å². The van der Waals surface area contributed by atoms with E-state index in [0.717, 1.165) is 40.9 Å². The number of ether oxygens (including phenoxy) is 1. The van der Waals surface area contributed by atoms with Crippen molar-refractivity contribution in [2.45, 2.75) is 39.7 Å². The summed E-state index contributed by atoms with van der Waals surface area (Å²) in [4.78, 5) is 19.7. The van der Waals surface area contributed by atoms with Crippen molar-refractivity contribution in [2.75, 3.05) is 13.7 Å². The van der Waals surface area contributed by atoms with Gasteiger partial charge in [0.25, 0.3) is 0 Å². The van der Waals surface area contributed by atoms with Crippen molar-refractivity contribution in [3.05, 3.63) is 83.2 Å². The number of hydrogen-bond acceptors (Lipinski definition) is 3. The van der Waals surface area contributed by atoms with Crippen molar-refractivity contribution in [2.24, 2.45) is 5.92 Å². The zero-order valence-corrected chi connectivity index (χ0v) is 19.6. The first-order valence-electron chi connectivity index (χ1n) is 11.3. The summed E-state index contributed by atoms with van der Waals surface area (Å²) >= 11 is 0. The average Bonchev–Trinajstić information content (AvgIpc) is 3.23. The van der Waals surface area contributed by atoms with Crippen LogP contribution in [0, 0.1) is 18.7 Å². The SMILES string of the molecule is COc1cc(C=C2CCCN([C@@H](c3ccc(F)cc3)C(C)C)C2=O)ccc1-n1cnc(C)c1. The van der Waals surface area contributed by atoms with Crippen LogP contribution >= 0.6 is 0 Å². The van der Waals surface area contributed by atoms with E-state index in [0.29, 0.717) is 12.3 Å². The first kappa shape index (κ1) is 22.8. The van der Waals surface area contributed by atoms with E-state index >= 15 is 0 Å². The van der Waals surface area contributed by atoms with E-state index in [1.165, 1.54) is 12.1 Å². The molecule has 1 aliphatic rings. The Hall–Kier alpha value is -3.41. The van der Waals surface area contributed by atoms with Crippen LogP contribution in [0.15, 0.2) is 60.6 Å². The maximum Gasteiger partial charge on any atom is 0.250 e. The van der Waals surface area contributed by atoms with Crippen LogP contribution in [-0.4, -0.2) is 34.0 Å². The van der Waals surface area contributed by atoms with E-state index in [2.05, 4.69) is 18.8 Å². The molecule has 4 rings (SSSR count). The van der Waals surface area contributed by atoms with Gasteiger partial charge in [-0.2, -0.15) is 0 Å². The smallest absolute Gasteiger partial charge is 0.250 e. The van der Waals surface area contributed by atoms with Crippen molar-refractivity contribution in [1.82, 2.24) is 14.5 Å². The van der Waals surface area contributed by atoms with Crippen molar-refractivity contribution < 1.29 is 13.9 Å². The van der Waals surface area contributed by atoms with E-state index < -0.39 is 0 Å². The van der Waals surface area contributed by atoms with Gasteiger partial charge in [0, 0.05) is 18.3 Å². The average molecular weight is 448 g/mol.